The van der Waals surface area contributed by atoms with Gasteiger partial charge in [0.2, 0.25) is 0 Å². The predicted octanol–water partition coefficient (Wildman–Crippen LogP) is 13.4. The summed E-state index contributed by atoms with van der Waals surface area (Å²) in [5.74, 6) is 0.0147. The third-order valence-corrected chi connectivity index (χ3v) is 10.7. The summed E-state index contributed by atoms with van der Waals surface area (Å²) in [6, 6.07) is 0. The predicted molar refractivity (Wildman–Crippen MR) is 225 cm³/mol. The minimum atomic E-state index is -0.0161. The topological polar surface area (TPSA) is 81.9 Å². The lowest BCUT2D eigenvalue weighted by atomic mass is 10.0. The molecule has 6 heteroatoms. The van der Waals surface area contributed by atoms with Crippen LogP contribution in [-0.2, 0) is 19.1 Å². The molecule has 0 aliphatic rings. The van der Waals surface area contributed by atoms with Crippen molar-refractivity contribution < 1.29 is 19.1 Å². The second kappa shape index (κ2) is 41.0. The number of ether oxygens (including phenoxy) is 2. The average molecular weight is 737 g/mol. The maximum atomic E-state index is 12.7. The molecule has 0 saturated heterocycles. The first-order chi connectivity index (χ1) is 25.5. The molecule has 1 atom stereocenters. The summed E-state index contributed by atoms with van der Waals surface area (Å²) in [7, 11) is 0. The van der Waals surface area contributed by atoms with Gasteiger partial charge in [-0.15, -0.1) is 0 Å². The summed E-state index contributed by atoms with van der Waals surface area (Å²) in [5, 5.41) is 0. The molecule has 2 N–H and O–H groups in total. The van der Waals surface area contributed by atoms with Crippen molar-refractivity contribution in [1.29, 1.82) is 0 Å². The molecule has 0 aromatic heterocycles. The average Bonchev–Trinajstić information content (AvgIpc) is 3.13. The Hall–Kier alpha value is -1.14. The number of nitrogens with two attached hydrogens (primary N) is 1. The standard InChI is InChI=1S/C46H92N2O4/c1-5-8-11-14-19-26-34-43(4)51-45(49)37-29-22-17-24-31-40-48(42-33-39-47)41-32-25-18-23-30-38-46(50)52-44(35-27-20-15-12-9-6-2)36-28-21-16-13-10-7-3/h43-44H,5-42,47H2,1-4H3. The molecule has 0 aromatic carbocycles. The number of carbonyl (C=O) groups is 2. The van der Waals surface area contributed by atoms with Gasteiger partial charge in [0.15, 0.2) is 0 Å². The molecule has 0 bridgehead atoms. The van der Waals surface area contributed by atoms with Crippen LogP contribution in [0, 0.1) is 0 Å². The number of unbranched alkanes of at least 4 members (excludes halogenated alkanes) is 23. The van der Waals surface area contributed by atoms with Crippen molar-refractivity contribution in [3.05, 3.63) is 0 Å². The van der Waals surface area contributed by atoms with Crippen LogP contribution < -0.4 is 5.73 Å². The van der Waals surface area contributed by atoms with Gasteiger partial charge in [-0.05, 0) is 104 Å². The van der Waals surface area contributed by atoms with Gasteiger partial charge >= 0.3 is 11.9 Å². The van der Waals surface area contributed by atoms with Crippen molar-refractivity contribution >= 4 is 11.9 Å². The molecule has 0 amide bonds. The van der Waals surface area contributed by atoms with Gasteiger partial charge in [-0.1, -0.05) is 156 Å². The number of hydrogen-bond donors (Lipinski definition) is 1. The van der Waals surface area contributed by atoms with E-state index in [1.165, 1.54) is 148 Å². The summed E-state index contributed by atoms with van der Waals surface area (Å²) >= 11 is 0. The van der Waals surface area contributed by atoms with Crippen molar-refractivity contribution in [3.63, 3.8) is 0 Å². The SMILES string of the molecule is CCCCCCCCC(C)OC(=O)CCCCCCCN(CCCN)CCCCCCCC(=O)OC(CCCCCCCC)CCCCCCCC. The van der Waals surface area contributed by atoms with Crippen LogP contribution in [0.2, 0.25) is 0 Å². The Labute approximate surface area is 325 Å². The van der Waals surface area contributed by atoms with Crippen LogP contribution in [0.3, 0.4) is 0 Å². The fourth-order valence-corrected chi connectivity index (χ4v) is 7.29. The molecule has 1 unspecified atom stereocenters. The molecule has 52 heavy (non-hydrogen) atoms. The molecular weight excluding hydrogens is 645 g/mol. The van der Waals surface area contributed by atoms with Gasteiger partial charge in [0.1, 0.15) is 6.10 Å². The molecular formula is C46H92N2O4. The van der Waals surface area contributed by atoms with E-state index in [0.29, 0.717) is 12.8 Å². The second-order valence-corrected chi connectivity index (χ2v) is 16.1. The van der Waals surface area contributed by atoms with Crippen molar-refractivity contribution in [1.82, 2.24) is 4.90 Å². The first-order valence-electron chi connectivity index (χ1n) is 23.3. The first kappa shape index (κ1) is 50.9. The highest BCUT2D eigenvalue weighted by molar-refractivity contribution is 5.69. The number of hydrogen-bond acceptors (Lipinski definition) is 6. The molecule has 0 rings (SSSR count). The Bertz CT molecular complexity index is 732. The van der Waals surface area contributed by atoms with Gasteiger partial charge in [-0.2, -0.15) is 0 Å². The summed E-state index contributed by atoms with van der Waals surface area (Å²) in [6.45, 7) is 12.9. The highest BCUT2D eigenvalue weighted by Gasteiger charge is 2.15. The van der Waals surface area contributed by atoms with Gasteiger partial charge in [0.05, 0.1) is 6.10 Å². The highest BCUT2D eigenvalue weighted by Crippen LogP contribution is 2.19. The summed E-state index contributed by atoms with van der Waals surface area (Å²) in [6.07, 6.45) is 40.0. The molecule has 0 fully saturated rings. The quantitative estimate of drug-likeness (QED) is 0.0496. The molecule has 6 nitrogen and oxygen atoms in total. The third-order valence-electron chi connectivity index (χ3n) is 10.7. The molecule has 0 spiro atoms. The van der Waals surface area contributed by atoms with Crippen molar-refractivity contribution in [2.24, 2.45) is 5.73 Å². The Morgan fingerprint density at radius 1 is 0.442 bits per heavy atom. The number of nitrogens with zero attached hydrogens (tertiary/aromatic N) is 1. The van der Waals surface area contributed by atoms with Crippen LogP contribution in [0.5, 0.6) is 0 Å². The molecule has 0 radical (unpaired) electrons. The van der Waals surface area contributed by atoms with Crippen LogP contribution in [0.25, 0.3) is 0 Å². The molecule has 0 aromatic rings. The van der Waals surface area contributed by atoms with Crippen LogP contribution >= 0.6 is 0 Å². The van der Waals surface area contributed by atoms with E-state index < -0.39 is 0 Å². The maximum absolute atomic E-state index is 12.7. The van der Waals surface area contributed by atoms with Gasteiger partial charge < -0.3 is 20.1 Å². The Morgan fingerprint density at radius 2 is 0.788 bits per heavy atom. The van der Waals surface area contributed by atoms with Crippen LogP contribution in [0.4, 0.5) is 0 Å². The fourth-order valence-electron chi connectivity index (χ4n) is 7.29. The zero-order valence-electron chi connectivity index (χ0n) is 35.7. The van der Waals surface area contributed by atoms with Gasteiger partial charge in [0.25, 0.3) is 0 Å². The summed E-state index contributed by atoms with van der Waals surface area (Å²) in [4.78, 5) is 27.6. The lowest BCUT2D eigenvalue weighted by Crippen LogP contribution is -2.28. The molecule has 0 heterocycles. The van der Waals surface area contributed by atoms with Crippen molar-refractivity contribution in [3.8, 4) is 0 Å². The summed E-state index contributed by atoms with van der Waals surface area (Å²) in [5.41, 5.74) is 5.84. The van der Waals surface area contributed by atoms with E-state index >= 15 is 0 Å². The first-order valence-corrected chi connectivity index (χ1v) is 23.3. The minimum absolute atomic E-state index is 0.0161. The third kappa shape index (κ3) is 37.2. The molecule has 310 valence electrons. The minimum Gasteiger partial charge on any atom is -0.463 e. The van der Waals surface area contributed by atoms with E-state index in [0.717, 1.165) is 84.0 Å². The van der Waals surface area contributed by atoms with E-state index in [-0.39, 0.29) is 24.1 Å². The number of esters is 2. The Kier molecular flexibility index (Phi) is 40.1. The fraction of sp³-hybridized carbons (Fsp3) is 0.957. The van der Waals surface area contributed by atoms with Gasteiger partial charge in [-0.3, -0.25) is 9.59 Å². The normalized spacial score (nSPS) is 12.2. The van der Waals surface area contributed by atoms with E-state index in [1.54, 1.807) is 0 Å². The van der Waals surface area contributed by atoms with Crippen molar-refractivity contribution in [2.45, 2.75) is 258 Å². The lowest BCUT2D eigenvalue weighted by Gasteiger charge is -2.22. The van der Waals surface area contributed by atoms with Crippen LogP contribution in [-0.4, -0.2) is 55.2 Å². The summed E-state index contributed by atoms with van der Waals surface area (Å²) < 4.78 is 11.7. The van der Waals surface area contributed by atoms with Gasteiger partial charge in [-0.25, -0.2) is 0 Å². The van der Waals surface area contributed by atoms with E-state index in [4.69, 9.17) is 15.2 Å². The van der Waals surface area contributed by atoms with Crippen LogP contribution in [0.15, 0.2) is 0 Å². The molecule has 0 aliphatic heterocycles. The van der Waals surface area contributed by atoms with E-state index in [2.05, 4.69) is 25.7 Å². The molecule has 0 saturated carbocycles. The highest BCUT2D eigenvalue weighted by atomic mass is 16.5. The Balaban J connectivity index is 4.07. The smallest absolute Gasteiger partial charge is 0.306 e. The zero-order chi connectivity index (χ0) is 38.2. The van der Waals surface area contributed by atoms with Crippen molar-refractivity contribution in [2.75, 3.05) is 26.2 Å². The number of rotatable bonds is 42. The monoisotopic (exact) mass is 737 g/mol. The van der Waals surface area contributed by atoms with E-state index in [1.807, 2.05) is 6.92 Å². The maximum Gasteiger partial charge on any atom is 0.306 e. The molecule has 0 aliphatic carbocycles. The van der Waals surface area contributed by atoms with Gasteiger partial charge in [0, 0.05) is 12.8 Å². The van der Waals surface area contributed by atoms with Crippen LogP contribution in [0.1, 0.15) is 246 Å². The Morgan fingerprint density at radius 3 is 1.23 bits per heavy atom. The largest absolute Gasteiger partial charge is 0.463 e. The lowest BCUT2D eigenvalue weighted by molar-refractivity contribution is -0.150. The van der Waals surface area contributed by atoms with E-state index in [9.17, 15) is 9.59 Å². The number of carbonyl (C=O) groups excluding carboxylic acids is 2. The zero-order valence-corrected chi connectivity index (χ0v) is 35.7. The second-order valence-electron chi connectivity index (χ2n) is 16.1.